The molecule has 0 saturated carbocycles. The number of carbonyl (C=O) groups is 1. The number of hydrogen-bond donors (Lipinski definition) is 0. The Morgan fingerprint density at radius 3 is 2.52 bits per heavy atom. The lowest BCUT2D eigenvalue weighted by atomic mass is 10.2. The molecule has 2 aromatic carbocycles. The van der Waals surface area contributed by atoms with Crippen LogP contribution in [0, 0.1) is 0 Å². The third kappa shape index (κ3) is 3.65. The Bertz CT molecular complexity index is 672. The Balaban J connectivity index is 1.83. The van der Waals surface area contributed by atoms with Gasteiger partial charge < -0.3 is 4.74 Å². The van der Waals surface area contributed by atoms with Gasteiger partial charge in [-0.3, -0.25) is 9.69 Å². The molecule has 1 atom stereocenters. The predicted molar refractivity (Wildman–Crippen MR) is 96.4 cm³/mol. The molecule has 1 fully saturated rings. The molecule has 1 aliphatic heterocycles. The van der Waals surface area contributed by atoms with Gasteiger partial charge >= 0.3 is 0 Å². The molecule has 5 heteroatoms. The van der Waals surface area contributed by atoms with E-state index in [1.165, 1.54) is 0 Å². The molecule has 0 unspecified atom stereocenters. The van der Waals surface area contributed by atoms with Crippen LogP contribution in [0.15, 0.2) is 48.5 Å². The largest absolute Gasteiger partial charge is 0.494 e. The van der Waals surface area contributed by atoms with Gasteiger partial charge in [-0.25, -0.2) is 0 Å². The van der Waals surface area contributed by atoms with E-state index in [2.05, 4.69) is 6.92 Å². The van der Waals surface area contributed by atoms with Crippen molar-refractivity contribution >= 4 is 35.0 Å². The van der Waals surface area contributed by atoms with Crippen molar-refractivity contribution < 1.29 is 9.53 Å². The van der Waals surface area contributed by atoms with E-state index in [9.17, 15) is 4.79 Å². The molecule has 0 aromatic heterocycles. The van der Waals surface area contributed by atoms with Gasteiger partial charge in [0.15, 0.2) is 0 Å². The first kappa shape index (κ1) is 16.2. The molecule has 0 spiro atoms. The molecule has 0 aliphatic carbocycles. The molecule has 2 aromatic rings. The van der Waals surface area contributed by atoms with E-state index in [0.717, 1.165) is 23.4 Å². The maximum atomic E-state index is 12.3. The molecular weight excluding hydrogens is 330 g/mol. The molecule has 1 aliphatic rings. The van der Waals surface area contributed by atoms with E-state index in [0.29, 0.717) is 17.4 Å². The van der Waals surface area contributed by atoms with Crippen LogP contribution >= 0.6 is 23.4 Å². The van der Waals surface area contributed by atoms with Crippen LogP contribution in [-0.2, 0) is 4.79 Å². The SMILES string of the molecule is CCCOc1ccc([C@@H]2SCC(=O)N2c2ccc(Cl)cc2)cc1. The van der Waals surface area contributed by atoms with E-state index in [-0.39, 0.29) is 11.3 Å². The third-order valence-electron chi connectivity index (χ3n) is 3.61. The number of anilines is 1. The van der Waals surface area contributed by atoms with Crippen LogP contribution in [0.25, 0.3) is 0 Å². The second-order valence-electron chi connectivity index (χ2n) is 5.32. The number of halogens is 1. The van der Waals surface area contributed by atoms with Crippen molar-refractivity contribution in [2.45, 2.75) is 18.7 Å². The molecule has 0 bridgehead atoms. The zero-order chi connectivity index (χ0) is 16.2. The second-order valence-corrected chi connectivity index (χ2v) is 6.83. The summed E-state index contributed by atoms with van der Waals surface area (Å²) in [4.78, 5) is 14.1. The first-order valence-electron chi connectivity index (χ1n) is 7.61. The van der Waals surface area contributed by atoms with Gasteiger partial charge in [-0.2, -0.15) is 0 Å². The van der Waals surface area contributed by atoms with Gasteiger partial charge in [0.2, 0.25) is 5.91 Å². The third-order valence-corrected chi connectivity index (χ3v) is 5.08. The molecule has 120 valence electrons. The molecule has 0 radical (unpaired) electrons. The normalized spacial score (nSPS) is 17.6. The maximum Gasteiger partial charge on any atom is 0.238 e. The summed E-state index contributed by atoms with van der Waals surface area (Å²) in [5.74, 6) is 1.47. The Morgan fingerprint density at radius 1 is 1.17 bits per heavy atom. The number of hydrogen-bond acceptors (Lipinski definition) is 3. The van der Waals surface area contributed by atoms with Gasteiger partial charge in [0.25, 0.3) is 0 Å². The summed E-state index contributed by atoms with van der Waals surface area (Å²) in [6.07, 6.45) is 0.985. The summed E-state index contributed by atoms with van der Waals surface area (Å²) in [5, 5.41) is 0.658. The fraction of sp³-hybridized carbons (Fsp3) is 0.278. The second kappa shape index (κ2) is 7.28. The van der Waals surface area contributed by atoms with E-state index >= 15 is 0 Å². The highest BCUT2D eigenvalue weighted by Crippen LogP contribution is 2.42. The molecular formula is C18H18ClNO2S. The number of thioether (sulfide) groups is 1. The van der Waals surface area contributed by atoms with Gasteiger partial charge in [-0.05, 0) is 48.4 Å². The van der Waals surface area contributed by atoms with Gasteiger partial charge in [-0.15, -0.1) is 11.8 Å². The van der Waals surface area contributed by atoms with Crippen molar-refractivity contribution in [3.05, 3.63) is 59.1 Å². The monoisotopic (exact) mass is 347 g/mol. The van der Waals surface area contributed by atoms with Gasteiger partial charge in [0.1, 0.15) is 11.1 Å². The van der Waals surface area contributed by atoms with E-state index in [1.807, 2.05) is 53.4 Å². The first-order chi connectivity index (χ1) is 11.2. The molecule has 1 saturated heterocycles. The minimum Gasteiger partial charge on any atom is -0.494 e. The van der Waals surface area contributed by atoms with Crippen molar-refractivity contribution in [1.29, 1.82) is 0 Å². The minimum absolute atomic E-state index is 0.0103. The number of rotatable bonds is 5. The number of nitrogens with zero attached hydrogens (tertiary/aromatic N) is 1. The fourth-order valence-corrected chi connectivity index (χ4v) is 3.80. The Kier molecular flexibility index (Phi) is 5.13. The molecule has 3 nitrogen and oxygen atoms in total. The van der Waals surface area contributed by atoms with Crippen LogP contribution in [0.3, 0.4) is 0 Å². The lowest BCUT2D eigenvalue weighted by Gasteiger charge is -2.24. The van der Waals surface area contributed by atoms with Crippen molar-refractivity contribution in [2.75, 3.05) is 17.3 Å². The molecule has 23 heavy (non-hydrogen) atoms. The smallest absolute Gasteiger partial charge is 0.238 e. The summed E-state index contributed by atoms with van der Waals surface area (Å²) in [6.45, 7) is 2.80. The summed E-state index contributed by atoms with van der Waals surface area (Å²) in [7, 11) is 0. The predicted octanol–water partition coefficient (Wildman–Crippen LogP) is 4.91. The van der Waals surface area contributed by atoms with E-state index < -0.39 is 0 Å². The van der Waals surface area contributed by atoms with Crippen molar-refractivity contribution in [2.24, 2.45) is 0 Å². The number of amides is 1. The first-order valence-corrected chi connectivity index (χ1v) is 9.03. The maximum absolute atomic E-state index is 12.3. The zero-order valence-corrected chi connectivity index (χ0v) is 14.4. The van der Waals surface area contributed by atoms with Crippen LogP contribution in [0.1, 0.15) is 24.3 Å². The molecule has 1 amide bonds. The highest BCUT2D eigenvalue weighted by Gasteiger charge is 2.33. The van der Waals surface area contributed by atoms with Crippen LogP contribution in [-0.4, -0.2) is 18.3 Å². The fourth-order valence-electron chi connectivity index (χ4n) is 2.50. The lowest BCUT2D eigenvalue weighted by Crippen LogP contribution is -2.27. The van der Waals surface area contributed by atoms with Gasteiger partial charge in [0.05, 0.1) is 12.4 Å². The van der Waals surface area contributed by atoms with Gasteiger partial charge in [-0.1, -0.05) is 30.7 Å². The topological polar surface area (TPSA) is 29.5 Å². The van der Waals surface area contributed by atoms with Crippen LogP contribution in [0.2, 0.25) is 5.02 Å². The van der Waals surface area contributed by atoms with Gasteiger partial charge in [0, 0.05) is 10.7 Å². The van der Waals surface area contributed by atoms with Crippen molar-refractivity contribution in [3.63, 3.8) is 0 Å². The highest BCUT2D eigenvalue weighted by molar-refractivity contribution is 8.00. The van der Waals surface area contributed by atoms with Crippen LogP contribution in [0.4, 0.5) is 5.69 Å². The Labute approximate surface area is 145 Å². The Hall–Kier alpha value is -1.65. The molecule has 0 N–H and O–H groups in total. The average molecular weight is 348 g/mol. The molecule has 1 heterocycles. The standard InChI is InChI=1S/C18H18ClNO2S/c1-2-11-22-16-9-3-13(4-10-16)18-20(17(21)12-23-18)15-7-5-14(19)6-8-15/h3-10,18H,2,11-12H2,1H3/t18-/m0/s1. The molecule has 3 rings (SSSR count). The summed E-state index contributed by atoms with van der Waals surface area (Å²) >= 11 is 7.58. The number of carbonyl (C=O) groups excluding carboxylic acids is 1. The number of ether oxygens (including phenoxy) is 1. The van der Waals surface area contributed by atoms with Crippen molar-refractivity contribution in [3.8, 4) is 5.75 Å². The van der Waals surface area contributed by atoms with Crippen LogP contribution in [0.5, 0.6) is 5.75 Å². The minimum atomic E-state index is -0.0103. The summed E-state index contributed by atoms with van der Waals surface area (Å²) in [5.41, 5.74) is 1.97. The van der Waals surface area contributed by atoms with Crippen molar-refractivity contribution in [1.82, 2.24) is 0 Å². The quantitative estimate of drug-likeness (QED) is 0.769. The summed E-state index contributed by atoms with van der Waals surface area (Å²) in [6, 6.07) is 15.4. The van der Waals surface area contributed by atoms with E-state index in [4.69, 9.17) is 16.3 Å². The lowest BCUT2D eigenvalue weighted by molar-refractivity contribution is -0.115. The van der Waals surface area contributed by atoms with Crippen LogP contribution < -0.4 is 9.64 Å². The average Bonchev–Trinajstić information content (AvgIpc) is 2.96. The summed E-state index contributed by atoms with van der Waals surface area (Å²) < 4.78 is 5.62. The number of benzene rings is 2. The van der Waals surface area contributed by atoms with E-state index in [1.54, 1.807) is 11.8 Å². The Morgan fingerprint density at radius 2 is 1.87 bits per heavy atom. The highest BCUT2D eigenvalue weighted by atomic mass is 35.5. The zero-order valence-electron chi connectivity index (χ0n) is 12.9.